The van der Waals surface area contributed by atoms with E-state index in [4.69, 9.17) is 10.3 Å². The molecule has 0 amide bonds. The van der Waals surface area contributed by atoms with Crippen LogP contribution in [-0.4, -0.2) is 15.0 Å². The van der Waals surface area contributed by atoms with Crippen molar-refractivity contribution in [1.29, 1.82) is 0 Å². The van der Waals surface area contributed by atoms with E-state index >= 15 is 0 Å². The van der Waals surface area contributed by atoms with Gasteiger partial charge in [0.25, 0.3) is 0 Å². The second-order valence-corrected chi connectivity index (χ2v) is 1.99. The first-order valence-corrected chi connectivity index (χ1v) is 2.68. The first kappa shape index (κ1) is 5.17. The fourth-order valence-electron chi connectivity index (χ4n) is 0.296. The van der Waals surface area contributed by atoms with Crippen LogP contribution in [0.3, 0.4) is 0 Å². The molecule has 8 heavy (non-hydrogen) atoms. The fourth-order valence-corrected chi connectivity index (χ4v) is 0.796. The van der Waals surface area contributed by atoms with E-state index in [0.717, 1.165) is 16.7 Å². The average molecular weight is 133 g/mol. The van der Waals surface area contributed by atoms with Crippen molar-refractivity contribution >= 4 is 11.3 Å². The second kappa shape index (κ2) is 1.52. The number of hydrogen-bond donors (Lipinski definition) is 2. The monoisotopic (exact) mass is 133 g/mol. The van der Waals surface area contributed by atoms with Crippen LogP contribution in [-0.2, 0) is 0 Å². The third kappa shape index (κ3) is 0.564. The highest BCUT2D eigenvalue weighted by molar-refractivity contribution is 7.07. The molecular formula is C3H3NO3S. The van der Waals surface area contributed by atoms with Crippen LogP contribution in [0.4, 0.5) is 0 Å². The lowest BCUT2D eigenvalue weighted by Gasteiger charge is -1.84. The molecule has 2 N–H and O–H groups in total. The Morgan fingerprint density at radius 1 is 1.75 bits per heavy atom. The number of aromatic hydroxyl groups is 1. The molecule has 0 spiro atoms. The molecule has 0 atom stereocenters. The minimum absolute atomic E-state index is 0.185. The normalized spacial score (nSPS) is 9.50. The highest BCUT2D eigenvalue weighted by Crippen LogP contribution is 2.04. The van der Waals surface area contributed by atoms with Crippen LogP contribution in [0.5, 0.6) is 5.88 Å². The number of hydrogen-bond acceptors (Lipinski definition) is 4. The first-order chi connectivity index (χ1) is 3.72. The minimum atomic E-state index is -0.581. The van der Waals surface area contributed by atoms with Gasteiger partial charge in [-0.2, -0.15) is 0 Å². The summed E-state index contributed by atoms with van der Waals surface area (Å²) in [4.78, 5) is 9.63. The van der Waals surface area contributed by atoms with E-state index in [1.165, 1.54) is 0 Å². The SMILES string of the molecule is O=c1scc(O)n1O. The van der Waals surface area contributed by atoms with Crippen LogP contribution in [0.15, 0.2) is 10.2 Å². The van der Waals surface area contributed by atoms with E-state index in [2.05, 4.69) is 0 Å². The zero-order valence-corrected chi connectivity index (χ0v) is 4.55. The van der Waals surface area contributed by atoms with Gasteiger partial charge < -0.3 is 10.3 Å². The van der Waals surface area contributed by atoms with Gasteiger partial charge in [0.1, 0.15) is 0 Å². The van der Waals surface area contributed by atoms with Gasteiger partial charge in [-0.15, -0.1) is 4.73 Å². The molecule has 1 aromatic rings. The maximum absolute atomic E-state index is 10.2. The van der Waals surface area contributed by atoms with Crippen molar-refractivity contribution < 1.29 is 10.3 Å². The van der Waals surface area contributed by atoms with Crippen molar-refractivity contribution in [3.63, 3.8) is 0 Å². The van der Waals surface area contributed by atoms with E-state index < -0.39 is 10.8 Å². The molecule has 0 fully saturated rings. The summed E-state index contributed by atoms with van der Waals surface area (Å²) in [5.41, 5.74) is 0. The molecule has 0 saturated heterocycles. The molecule has 0 bridgehead atoms. The van der Waals surface area contributed by atoms with Crippen LogP contribution in [0.1, 0.15) is 0 Å². The number of nitrogens with zero attached hydrogens (tertiary/aromatic N) is 1. The standard InChI is InChI=1S/C3H3NO3S/c5-2-1-8-3(6)4(2)7/h1,5,7H. The number of aromatic nitrogens is 1. The molecule has 0 radical (unpaired) electrons. The highest BCUT2D eigenvalue weighted by Gasteiger charge is 1.98. The second-order valence-electron chi connectivity index (χ2n) is 1.17. The summed E-state index contributed by atoms with van der Waals surface area (Å²) in [6, 6.07) is 0. The van der Waals surface area contributed by atoms with Crippen LogP contribution in [0.2, 0.25) is 0 Å². The summed E-state index contributed by atoms with van der Waals surface area (Å²) in [6.07, 6.45) is 0. The van der Waals surface area contributed by atoms with Crippen molar-refractivity contribution in [3.8, 4) is 5.88 Å². The van der Waals surface area contributed by atoms with E-state index in [9.17, 15) is 4.79 Å². The lowest BCUT2D eigenvalue weighted by atomic mass is 10.9. The molecule has 1 aromatic heterocycles. The zero-order valence-electron chi connectivity index (χ0n) is 3.74. The van der Waals surface area contributed by atoms with Gasteiger partial charge in [-0.05, 0) is 0 Å². The maximum atomic E-state index is 10.2. The third-order valence-electron chi connectivity index (χ3n) is 0.655. The summed E-state index contributed by atoms with van der Waals surface area (Å²) in [5.74, 6) is -0.417. The Balaban J connectivity index is 3.41. The van der Waals surface area contributed by atoms with Crippen molar-refractivity contribution in [2.45, 2.75) is 0 Å². The predicted octanol–water partition coefficient (Wildman–Crippen LogP) is -0.147. The van der Waals surface area contributed by atoms with E-state index in [1.807, 2.05) is 0 Å². The zero-order chi connectivity index (χ0) is 6.15. The van der Waals surface area contributed by atoms with E-state index in [1.54, 1.807) is 0 Å². The maximum Gasteiger partial charge on any atom is 0.343 e. The Morgan fingerprint density at radius 2 is 2.38 bits per heavy atom. The van der Waals surface area contributed by atoms with Gasteiger partial charge in [0.2, 0.25) is 5.88 Å². The summed E-state index contributed by atoms with van der Waals surface area (Å²) >= 11 is 0.738. The van der Waals surface area contributed by atoms with Gasteiger partial charge >= 0.3 is 4.87 Å². The quantitative estimate of drug-likeness (QED) is 0.484. The van der Waals surface area contributed by atoms with E-state index in [0.29, 0.717) is 0 Å². The fraction of sp³-hybridized carbons (Fsp3) is 0. The van der Waals surface area contributed by atoms with Crippen LogP contribution in [0, 0.1) is 0 Å². The Labute approximate surface area is 48.2 Å². The van der Waals surface area contributed by atoms with Crippen molar-refractivity contribution in [2.24, 2.45) is 0 Å². The minimum Gasteiger partial charge on any atom is -0.492 e. The largest absolute Gasteiger partial charge is 0.492 e. The summed E-state index contributed by atoms with van der Waals surface area (Å²) in [7, 11) is 0. The lowest BCUT2D eigenvalue weighted by Crippen LogP contribution is -2.07. The molecule has 0 saturated carbocycles. The molecule has 1 rings (SSSR count). The Kier molecular flexibility index (Phi) is 0.980. The highest BCUT2D eigenvalue weighted by atomic mass is 32.1. The Hall–Kier alpha value is -0.970. The van der Waals surface area contributed by atoms with Crippen LogP contribution >= 0.6 is 11.3 Å². The van der Waals surface area contributed by atoms with Gasteiger partial charge in [-0.25, -0.2) is 0 Å². The number of rotatable bonds is 0. The van der Waals surface area contributed by atoms with Gasteiger partial charge in [0.05, 0.1) is 5.38 Å². The van der Waals surface area contributed by atoms with Gasteiger partial charge in [0.15, 0.2) is 0 Å². The molecule has 44 valence electrons. The van der Waals surface area contributed by atoms with E-state index in [-0.39, 0.29) is 4.73 Å². The Morgan fingerprint density at radius 3 is 2.50 bits per heavy atom. The van der Waals surface area contributed by atoms with Gasteiger partial charge in [-0.1, -0.05) is 11.3 Å². The van der Waals surface area contributed by atoms with Gasteiger partial charge in [0, 0.05) is 0 Å². The van der Waals surface area contributed by atoms with Crippen molar-refractivity contribution in [1.82, 2.24) is 4.73 Å². The average Bonchev–Trinajstić information content (AvgIpc) is 1.98. The molecular weight excluding hydrogens is 130 g/mol. The molecule has 4 nitrogen and oxygen atoms in total. The summed E-state index contributed by atoms with van der Waals surface area (Å²) < 4.78 is 0.185. The number of thiazole rings is 1. The van der Waals surface area contributed by atoms with Crippen molar-refractivity contribution in [3.05, 3.63) is 15.0 Å². The third-order valence-corrected chi connectivity index (χ3v) is 1.36. The topological polar surface area (TPSA) is 62.5 Å². The lowest BCUT2D eigenvalue weighted by molar-refractivity contribution is 0.149. The van der Waals surface area contributed by atoms with Crippen LogP contribution in [0.25, 0.3) is 0 Å². The molecule has 0 aliphatic rings. The molecule has 0 aliphatic heterocycles. The molecule has 5 heteroatoms. The summed E-state index contributed by atoms with van der Waals surface area (Å²) in [5, 5.41) is 18.0. The van der Waals surface area contributed by atoms with Crippen LogP contribution < -0.4 is 4.87 Å². The molecule has 1 heterocycles. The molecule has 0 aliphatic carbocycles. The van der Waals surface area contributed by atoms with Gasteiger partial charge in [-0.3, -0.25) is 4.79 Å². The Bertz CT molecular complexity index is 237. The first-order valence-electron chi connectivity index (χ1n) is 1.80. The summed E-state index contributed by atoms with van der Waals surface area (Å²) in [6.45, 7) is 0. The van der Waals surface area contributed by atoms with Crippen molar-refractivity contribution in [2.75, 3.05) is 0 Å². The molecule has 0 unspecified atom stereocenters. The predicted molar refractivity (Wildman–Crippen MR) is 27.4 cm³/mol. The smallest absolute Gasteiger partial charge is 0.343 e. The molecule has 0 aromatic carbocycles.